The fourth-order valence-electron chi connectivity index (χ4n) is 3.42. The first-order valence-corrected chi connectivity index (χ1v) is 11.2. The van der Waals surface area contributed by atoms with Crippen molar-refractivity contribution in [3.8, 4) is 0 Å². The number of benzene rings is 2. The second-order valence-electron chi connectivity index (χ2n) is 6.96. The molecule has 1 aliphatic rings. The Morgan fingerprint density at radius 2 is 1.69 bits per heavy atom. The summed E-state index contributed by atoms with van der Waals surface area (Å²) in [6, 6.07) is 13.3. The predicted molar refractivity (Wildman–Crippen MR) is 111 cm³/mol. The fourth-order valence-corrected chi connectivity index (χ4v) is 4.46. The number of hydrogen-bond acceptors (Lipinski definition) is 4. The quantitative estimate of drug-likeness (QED) is 0.748. The maximum absolute atomic E-state index is 13.9. The lowest BCUT2D eigenvalue weighted by atomic mass is 10.1. The molecule has 0 radical (unpaired) electrons. The monoisotopic (exact) mass is 419 g/mol. The van der Waals surface area contributed by atoms with Gasteiger partial charge in [-0.2, -0.15) is 0 Å². The average Bonchev–Trinajstić information content (AvgIpc) is 2.73. The Kier molecular flexibility index (Phi) is 6.87. The summed E-state index contributed by atoms with van der Waals surface area (Å²) < 4.78 is 40.3. The second-order valence-corrected chi connectivity index (χ2v) is 8.73. The van der Waals surface area contributed by atoms with E-state index in [-0.39, 0.29) is 16.6 Å². The van der Waals surface area contributed by atoms with Gasteiger partial charge in [-0.15, -0.1) is 0 Å². The van der Waals surface area contributed by atoms with E-state index in [1.165, 1.54) is 6.07 Å². The molecule has 1 fully saturated rings. The van der Waals surface area contributed by atoms with Crippen LogP contribution < -0.4 is 9.62 Å². The molecule has 0 unspecified atom stereocenters. The minimum Gasteiger partial charge on any atom is -0.366 e. The third-order valence-corrected chi connectivity index (χ3v) is 6.58. The number of rotatable bonds is 7. The van der Waals surface area contributed by atoms with Crippen LogP contribution in [0.5, 0.6) is 0 Å². The molecule has 6 nitrogen and oxygen atoms in total. The van der Waals surface area contributed by atoms with E-state index >= 15 is 0 Å². The summed E-state index contributed by atoms with van der Waals surface area (Å²) in [6.07, 6.45) is 0.910. The molecule has 2 aromatic rings. The molecule has 156 valence electrons. The van der Waals surface area contributed by atoms with Gasteiger partial charge in [0.25, 0.3) is 0 Å². The molecule has 0 aromatic heterocycles. The van der Waals surface area contributed by atoms with Crippen molar-refractivity contribution < 1.29 is 17.6 Å². The molecule has 0 atom stereocenters. The van der Waals surface area contributed by atoms with E-state index in [0.29, 0.717) is 51.3 Å². The number of piperazine rings is 1. The first-order valence-electron chi connectivity index (χ1n) is 9.76. The first-order chi connectivity index (χ1) is 13.9. The summed E-state index contributed by atoms with van der Waals surface area (Å²) in [5.74, 6) is -0.186. The SMILES string of the molecule is CCNS(=O)(=O)c1ccc(CCC(=O)N2CCN(c3ccccc3F)CC2)cc1. The van der Waals surface area contributed by atoms with Gasteiger partial charge in [-0.25, -0.2) is 17.5 Å². The summed E-state index contributed by atoms with van der Waals surface area (Å²) >= 11 is 0. The number of nitrogens with one attached hydrogen (secondary N) is 1. The number of carbonyl (C=O) groups is 1. The number of nitrogens with zero attached hydrogens (tertiary/aromatic N) is 2. The highest BCUT2D eigenvalue weighted by Gasteiger charge is 2.22. The van der Waals surface area contributed by atoms with Gasteiger partial charge in [-0.05, 0) is 36.2 Å². The molecule has 1 amide bonds. The third-order valence-electron chi connectivity index (χ3n) is 5.02. The number of carbonyl (C=O) groups excluding carboxylic acids is 1. The Balaban J connectivity index is 1.50. The molecule has 0 spiro atoms. The van der Waals surface area contributed by atoms with Gasteiger partial charge in [0.15, 0.2) is 0 Å². The van der Waals surface area contributed by atoms with Crippen molar-refractivity contribution in [2.24, 2.45) is 0 Å². The topological polar surface area (TPSA) is 69.7 Å². The van der Waals surface area contributed by atoms with Crippen molar-refractivity contribution in [3.05, 3.63) is 59.9 Å². The second kappa shape index (κ2) is 9.37. The van der Waals surface area contributed by atoms with Gasteiger partial charge in [0.2, 0.25) is 15.9 Å². The largest absolute Gasteiger partial charge is 0.366 e. The standard InChI is InChI=1S/C21H26FN3O3S/c1-2-23-29(27,28)18-10-7-17(8-11-18)9-12-21(26)25-15-13-24(14-16-25)20-6-4-3-5-19(20)22/h3-8,10-11,23H,2,9,12-16H2,1H3. The van der Waals surface area contributed by atoms with Crippen LogP contribution in [0.25, 0.3) is 0 Å². The van der Waals surface area contributed by atoms with Gasteiger partial charge < -0.3 is 9.80 Å². The molecule has 1 saturated heterocycles. The average molecular weight is 420 g/mol. The Morgan fingerprint density at radius 1 is 1.03 bits per heavy atom. The van der Waals surface area contributed by atoms with Gasteiger partial charge >= 0.3 is 0 Å². The molecule has 0 bridgehead atoms. The van der Waals surface area contributed by atoms with Gasteiger partial charge in [0, 0.05) is 39.1 Å². The molecule has 0 aliphatic carbocycles. The third kappa shape index (κ3) is 5.33. The van der Waals surface area contributed by atoms with Crippen LogP contribution in [0.4, 0.5) is 10.1 Å². The number of amides is 1. The van der Waals surface area contributed by atoms with Crippen molar-refractivity contribution in [2.45, 2.75) is 24.7 Å². The Hall–Kier alpha value is -2.45. The van der Waals surface area contributed by atoms with Crippen LogP contribution in [0.2, 0.25) is 0 Å². The number of anilines is 1. The van der Waals surface area contributed by atoms with Crippen LogP contribution in [-0.4, -0.2) is 51.9 Å². The maximum atomic E-state index is 13.9. The fraction of sp³-hybridized carbons (Fsp3) is 0.381. The van der Waals surface area contributed by atoms with Crippen LogP contribution in [0, 0.1) is 5.82 Å². The first kappa shape index (κ1) is 21.3. The molecular weight excluding hydrogens is 393 g/mol. The van der Waals surface area contributed by atoms with Crippen molar-refractivity contribution in [2.75, 3.05) is 37.6 Å². The van der Waals surface area contributed by atoms with Crippen LogP contribution in [0.15, 0.2) is 53.4 Å². The van der Waals surface area contributed by atoms with E-state index in [1.807, 2.05) is 11.0 Å². The van der Waals surface area contributed by atoms with E-state index in [4.69, 9.17) is 0 Å². The molecule has 1 aliphatic heterocycles. The Labute approximate surface area is 171 Å². The summed E-state index contributed by atoms with van der Waals surface area (Å²) in [5, 5.41) is 0. The van der Waals surface area contributed by atoms with Gasteiger partial charge in [0.05, 0.1) is 10.6 Å². The van der Waals surface area contributed by atoms with Gasteiger partial charge in [-0.1, -0.05) is 31.2 Å². The van der Waals surface area contributed by atoms with Gasteiger partial charge in [-0.3, -0.25) is 4.79 Å². The number of sulfonamides is 1. The van der Waals surface area contributed by atoms with Crippen LogP contribution in [0.3, 0.4) is 0 Å². The lowest BCUT2D eigenvalue weighted by Gasteiger charge is -2.36. The summed E-state index contributed by atoms with van der Waals surface area (Å²) in [7, 11) is -3.46. The lowest BCUT2D eigenvalue weighted by Crippen LogP contribution is -2.49. The van der Waals surface area contributed by atoms with Crippen LogP contribution in [-0.2, 0) is 21.2 Å². The number of hydrogen-bond donors (Lipinski definition) is 1. The van der Waals surface area contributed by atoms with E-state index in [0.717, 1.165) is 5.56 Å². The molecular formula is C21H26FN3O3S. The van der Waals surface area contributed by atoms with E-state index in [1.54, 1.807) is 48.2 Å². The maximum Gasteiger partial charge on any atom is 0.240 e. The highest BCUT2D eigenvalue weighted by Crippen LogP contribution is 2.20. The Morgan fingerprint density at radius 3 is 2.31 bits per heavy atom. The zero-order valence-electron chi connectivity index (χ0n) is 16.5. The molecule has 2 aromatic carbocycles. The van der Waals surface area contributed by atoms with E-state index < -0.39 is 10.0 Å². The smallest absolute Gasteiger partial charge is 0.240 e. The van der Waals surface area contributed by atoms with E-state index in [2.05, 4.69) is 4.72 Å². The normalized spacial score (nSPS) is 14.8. The minimum atomic E-state index is -3.46. The number of aryl methyl sites for hydroxylation is 1. The summed E-state index contributed by atoms with van der Waals surface area (Å²) in [5.41, 5.74) is 1.49. The molecule has 1 N–H and O–H groups in total. The van der Waals surface area contributed by atoms with E-state index in [9.17, 15) is 17.6 Å². The van der Waals surface area contributed by atoms with Crippen molar-refractivity contribution in [1.29, 1.82) is 0 Å². The number of halogens is 1. The molecule has 0 saturated carbocycles. The van der Waals surface area contributed by atoms with Crippen molar-refractivity contribution in [3.63, 3.8) is 0 Å². The summed E-state index contributed by atoms with van der Waals surface area (Å²) in [4.78, 5) is 16.5. The minimum absolute atomic E-state index is 0.0579. The lowest BCUT2D eigenvalue weighted by molar-refractivity contribution is -0.131. The molecule has 29 heavy (non-hydrogen) atoms. The zero-order valence-corrected chi connectivity index (χ0v) is 17.3. The number of para-hydroxylation sites is 1. The molecule has 3 rings (SSSR count). The van der Waals surface area contributed by atoms with Crippen molar-refractivity contribution >= 4 is 21.6 Å². The molecule has 1 heterocycles. The highest BCUT2D eigenvalue weighted by molar-refractivity contribution is 7.89. The zero-order chi connectivity index (χ0) is 20.9. The van der Waals surface area contributed by atoms with Gasteiger partial charge in [0.1, 0.15) is 5.82 Å². The van der Waals surface area contributed by atoms with Crippen LogP contribution >= 0.6 is 0 Å². The summed E-state index contributed by atoms with van der Waals surface area (Å²) in [6.45, 7) is 4.39. The van der Waals surface area contributed by atoms with Crippen LogP contribution in [0.1, 0.15) is 18.9 Å². The van der Waals surface area contributed by atoms with Crippen molar-refractivity contribution in [1.82, 2.24) is 9.62 Å². The predicted octanol–water partition coefficient (Wildman–Crippen LogP) is 2.41. The highest BCUT2D eigenvalue weighted by atomic mass is 32.2. The Bertz CT molecular complexity index is 940. The molecule has 8 heteroatoms.